The fourth-order valence-corrected chi connectivity index (χ4v) is 3.46. The molecule has 0 unspecified atom stereocenters. The minimum atomic E-state index is -0.715. The third kappa shape index (κ3) is 9.56. The lowest BCUT2D eigenvalue weighted by Gasteiger charge is -2.27. The van der Waals surface area contributed by atoms with Crippen LogP contribution in [0.5, 0.6) is 0 Å². The van der Waals surface area contributed by atoms with E-state index in [9.17, 15) is 15.1 Å². The zero-order chi connectivity index (χ0) is 21.2. The van der Waals surface area contributed by atoms with Crippen LogP contribution in [0.3, 0.4) is 0 Å². The van der Waals surface area contributed by atoms with Gasteiger partial charge in [0.1, 0.15) is 5.60 Å². The van der Waals surface area contributed by atoms with Crippen molar-refractivity contribution in [3.63, 3.8) is 0 Å². The number of amides is 1. The first-order valence-electron chi connectivity index (χ1n) is 10.6. The van der Waals surface area contributed by atoms with E-state index in [1.165, 1.54) is 11.1 Å². The number of hydrogen-bond acceptors (Lipinski definition) is 4. The summed E-state index contributed by atoms with van der Waals surface area (Å²) in [4.78, 5) is 11.8. The summed E-state index contributed by atoms with van der Waals surface area (Å²) in [5, 5.41) is 21.3. The fraction of sp³-hybridized carbons (Fsp3) is 0.696. The van der Waals surface area contributed by atoms with E-state index in [1.54, 1.807) is 20.8 Å². The SMILES string of the molecule is CCCC(O)(CCC)CCc1cccc(CCCN(O)C(=O)OC(C)(C)C)c1. The highest BCUT2D eigenvalue weighted by atomic mass is 16.6. The monoisotopic (exact) mass is 393 g/mol. The molecule has 0 radical (unpaired) electrons. The number of hydroxylamine groups is 2. The van der Waals surface area contributed by atoms with Gasteiger partial charge in [-0.1, -0.05) is 51.0 Å². The normalized spacial score (nSPS) is 12.1. The molecule has 0 fully saturated rings. The Bertz CT molecular complexity index is 589. The molecule has 5 heteroatoms. The Morgan fingerprint density at radius 2 is 1.61 bits per heavy atom. The zero-order valence-corrected chi connectivity index (χ0v) is 18.3. The van der Waals surface area contributed by atoms with Crippen LogP contribution in [-0.4, -0.2) is 39.2 Å². The molecule has 28 heavy (non-hydrogen) atoms. The second kappa shape index (κ2) is 11.4. The van der Waals surface area contributed by atoms with Gasteiger partial charge in [-0.15, -0.1) is 0 Å². The minimum Gasteiger partial charge on any atom is -0.442 e. The molecular weight excluding hydrogens is 354 g/mol. The summed E-state index contributed by atoms with van der Waals surface area (Å²) >= 11 is 0. The Labute approximate surface area is 170 Å². The van der Waals surface area contributed by atoms with Crippen molar-refractivity contribution in [1.29, 1.82) is 0 Å². The van der Waals surface area contributed by atoms with Gasteiger partial charge in [0.05, 0.1) is 12.1 Å². The summed E-state index contributed by atoms with van der Waals surface area (Å²) in [5.74, 6) is 0. The van der Waals surface area contributed by atoms with Gasteiger partial charge in [0.2, 0.25) is 0 Å². The van der Waals surface area contributed by atoms with Crippen molar-refractivity contribution in [2.24, 2.45) is 0 Å². The first-order chi connectivity index (χ1) is 13.1. The summed E-state index contributed by atoms with van der Waals surface area (Å²) in [6.07, 6.45) is 6.01. The summed E-state index contributed by atoms with van der Waals surface area (Å²) in [6, 6.07) is 8.35. The standard InChI is InChI=1S/C23H39NO4/c1-6-14-23(26,15-7-2)16-13-20-11-8-10-19(18-20)12-9-17-24(27)21(25)28-22(3,4)5/h8,10-11,18,26-27H,6-7,9,12-17H2,1-5H3. The van der Waals surface area contributed by atoms with Crippen molar-refractivity contribution in [2.75, 3.05) is 6.54 Å². The molecule has 0 aliphatic heterocycles. The van der Waals surface area contributed by atoms with Crippen molar-refractivity contribution in [1.82, 2.24) is 5.06 Å². The molecule has 1 aromatic carbocycles. The van der Waals surface area contributed by atoms with Gasteiger partial charge < -0.3 is 9.84 Å². The number of aryl methyl sites for hydroxylation is 2. The van der Waals surface area contributed by atoms with Gasteiger partial charge in [0.15, 0.2) is 0 Å². The predicted molar refractivity (Wildman–Crippen MR) is 113 cm³/mol. The molecule has 0 aromatic heterocycles. The Morgan fingerprint density at radius 3 is 2.14 bits per heavy atom. The summed E-state index contributed by atoms with van der Waals surface area (Å²) in [7, 11) is 0. The first kappa shape index (κ1) is 24.4. The summed E-state index contributed by atoms with van der Waals surface area (Å²) in [5.41, 5.74) is 1.20. The van der Waals surface area contributed by atoms with Crippen LogP contribution in [0.2, 0.25) is 0 Å². The zero-order valence-electron chi connectivity index (χ0n) is 18.3. The molecule has 0 saturated carbocycles. The van der Waals surface area contributed by atoms with E-state index < -0.39 is 17.3 Å². The number of nitrogens with zero attached hydrogens (tertiary/aromatic N) is 1. The van der Waals surface area contributed by atoms with Gasteiger partial charge in [-0.2, -0.15) is 5.06 Å². The summed E-state index contributed by atoms with van der Waals surface area (Å²) in [6.45, 7) is 9.77. The Hall–Kier alpha value is -1.59. The van der Waals surface area contributed by atoms with Crippen LogP contribution in [0.25, 0.3) is 0 Å². The van der Waals surface area contributed by atoms with Crippen LogP contribution >= 0.6 is 0 Å². The van der Waals surface area contributed by atoms with Crippen molar-refractivity contribution < 1.29 is 19.8 Å². The van der Waals surface area contributed by atoms with E-state index in [0.717, 1.165) is 44.9 Å². The number of aliphatic hydroxyl groups is 1. The number of rotatable bonds is 11. The average molecular weight is 394 g/mol. The number of carbonyl (C=O) groups excluding carboxylic acids is 1. The molecule has 160 valence electrons. The maximum absolute atomic E-state index is 11.8. The molecular formula is C23H39NO4. The molecule has 0 heterocycles. The molecule has 5 nitrogen and oxygen atoms in total. The van der Waals surface area contributed by atoms with Gasteiger partial charge >= 0.3 is 6.09 Å². The molecule has 0 saturated heterocycles. The number of ether oxygens (including phenoxy) is 1. The van der Waals surface area contributed by atoms with E-state index >= 15 is 0 Å². The van der Waals surface area contributed by atoms with Crippen molar-refractivity contribution in [2.45, 2.75) is 97.2 Å². The lowest BCUT2D eigenvalue weighted by molar-refractivity contribution is -0.0941. The average Bonchev–Trinajstić information content (AvgIpc) is 2.59. The van der Waals surface area contributed by atoms with Gasteiger partial charge in [-0.3, -0.25) is 5.21 Å². The van der Waals surface area contributed by atoms with E-state index in [0.29, 0.717) is 11.5 Å². The van der Waals surface area contributed by atoms with Crippen LogP contribution in [-0.2, 0) is 17.6 Å². The van der Waals surface area contributed by atoms with Crippen LogP contribution in [0.15, 0.2) is 24.3 Å². The molecule has 1 rings (SSSR count). The molecule has 0 aliphatic rings. The third-order valence-corrected chi connectivity index (χ3v) is 4.74. The third-order valence-electron chi connectivity index (χ3n) is 4.74. The topological polar surface area (TPSA) is 70.0 Å². The number of carbonyl (C=O) groups is 1. The van der Waals surface area contributed by atoms with Crippen molar-refractivity contribution in [3.8, 4) is 0 Å². The second-order valence-electron chi connectivity index (χ2n) is 8.75. The Balaban J connectivity index is 2.51. The molecule has 0 bridgehead atoms. The lowest BCUT2D eigenvalue weighted by atomic mass is 9.86. The number of hydrogen-bond donors (Lipinski definition) is 2. The van der Waals surface area contributed by atoms with E-state index in [-0.39, 0.29) is 6.54 Å². The van der Waals surface area contributed by atoms with Crippen LogP contribution < -0.4 is 0 Å². The maximum atomic E-state index is 11.8. The quantitative estimate of drug-likeness (QED) is 0.384. The highest BCUT2D eigenvalue weighted by Gasteiger charge is 2.24. The Morgan fingerprint density at radius 1 is 1.04 bits per heavy atom. The number of benzene rings is 1. The van der Waals surface area contributed by atoms with Crippen LogP contribution in [0.4, 0.5) is 4.79 Å². The van der Waals surface area contributed by atoms with Crippen LogP contribution in [0.1, 0.15) is 84.3 Å². The van der Waals surface area contributed by atoms with Gasteiger partial charge in [-0.05, 0) is 70.4 Å². The highest BCUT2D eigenvalue weighted by molar-refractivity contribution is 5.66. The molecule has 0 atom stereocenters. The predicted octanol–water partition coefficient (Wildman–Crippen LogP) is 5.51. The van der Waals surface area contributed by atoms with E-state index in [4.69, 9.17) is 4.74 Å². The van der Waals surface area contributed by atoms with Gasteiger partial charge in [-0.25, -0.2) is 4.79 Å². The largest absolute Gasteiger partial charge is 0.442 e. The first-order valence-corrected chi connectivity index (χ1v) is 10.6. The molecule has 2 N–H and O–H groups in total. The maximum Gasteiger partial charge on any atom is 0.434 e. The fourth-order valence-electron chi connectivity index (χ4n) is 3.46. The molecule has 0 spiro atoms. The Kier molecular flexibility index (Phi) is 9.97. The van der Waals surface area contributed by atoms with E-state index in [2.05, 4.69) is 32.0 Å². The smallest absolute Gasteiger partial charge is 0.434 e. The van der Waals surface area contributed by atoms with Crippen molar-refractivity contribution >= 4 is 6.09 Å². The van der Waals surface area contributed by atoms with E-state index in [1.807, 2.05) is 6.07 Å². The van der Waals surface area contributed by atoms with Crippen molar-refractivity contribution in [3.05, 3.63) is 35.4 Å². The summed E-state index contributed by atoms with van der Waals surface area (Å²) < 4.78 is 5.14. The lowest BCUT2D eigenvalue weighted by Crippen LogP contribution is -2.35. The van der Waals surface area contributed by atoms with Gasteiger partial charge in [0, 0.05) is 0 Å². The molecule has 0 aliphatic carbocycles. The highest BCUT2D eigenvalue weighted by Crippen LogP contribution is 2.25. The second-order valence-corrected chi connectivity index (χ2v) is 8.75. The minimum absolute atomic E-state index is 0.228. The van der Waals surface area contributed by atoms with Crippen LogP contribution in [0, 0.1) is 0 Å². The van der Waals surface area contributed by atoms with Gasteiger partial charge in [0.25, 0.3) is 0 Å². The molecule has 1 aromatic rings. The molecule has 1 amide bonds.